The molecular weight excluding hydrogens is 302 g/mol. The summed E-state index contributed by atoms with van der Waals surface area (Å²) in [5.74, 6) is 1.50. The molecule has 0 saturated carbocycles. The number of hydrogen-bond acceptors (Lipinski definition) is 3. The molecule has 0 spiro atoms. The number of ether oxygens (including phenoxy) is 2. The van der Waals surface area contributed by atoms with Crippen LogP contribution < -0.4 is 14.8 Å². The van der Waals surface area contributed by atoms with E-state index in [2.05, 4.69) is 24.4 Å². The lowest BCUT2D eigenvalue weighted by Gasteiger charge is -2.19. The van der Waals surface area contributed by atoms with E-state index in [1.807, 2.05) is 43.3 Å². The molecule has 1 N–H and O–H groups in total. The van der Waals surface area contributed by atoms with Crippen LogP contribution in [0, 0.1) is 0 Å². The average molecular weight is 327 g/mol. The highest BCUT2D eigenvalue weighted by Gasteiger charge is 2.19. The summed E-state index contributed by atoms with van der Waals surface area (Å²) < 4.78 is 11.0. The van der Waals surface area contributed by atoms with Gasteiger partial charge in [0.15, 0.2) is 6.10 Å². The number of benzene rings is 2. The van der Waals surface area contributed by atoms with Gasteiger partial charge in [0.25, 0.3) is 5.91 Å². The van der Waals surface area contributed by atoms with Crippen LogP contribution in [0.15, 0.2) is 54.6 Å². The van der Waals surface area contributed by atoms with Crippen molar-refractivity contribution in [3.8, 4) is 11.5 Å². The number of carbonyl (C=O) groups is 1. The molecule has 2 atom stereocenters. The van der Waals surface area contributed by atoms with Gasteiger partial charge in [0.05, 0.1) is 7.11 Å². The normalized spacial score (nSPS) is 13.0. The molecule has 1 amide bonds. The highest BCUT2D eigenvalue weighted by molar-refractivity contribution is 5.81. The van der Waals surface area contributed by atoms with E-state index < -0.39 is 6.10 Å². The van der Waals surface area contributed by atoms with E-state index in [0.29, 0.717) is 24.5 Å². The summed E-state index contributed by atoms with van der Waals surface area (Å²) in [5.41, 5.74) is 1.21. The van der Waals surface area contributed by atoms with Crippen LogP contribution in [-0.2, 0) is 4.79 Å². The number of methoxy groups -OCH3 is 1. The maximum Gasteiger partial charge on any atom is 0.261 e. The van der Waals surface area contributed by atoms with Crippen LogP contribution in [0.4, 0.5) is 0 Å². The van der Waals surface area contributed by atoms with Crippen LogP contribution in [0.1, 0.15) is 31.7 Å². The zero-order valence-corrected chi connectivity index (χ0v) is 14.5. The summed E-state index contributed by atoms with van der Waals surface area (Å²) in [4.78, 5) is 12.4. The molecule has 0 bridgehead atoms. The van der Waals surface area contributed by atoms with Crippen molar-refractivity contribution in [2.45, 2.75) is 32.3 Å². The van der Waals surface area contributed by atoms with E-state index in [9.17, 15) is 4.79 Å². The molecule has 0 fully saturated rings. The fourth-order valence-corrected chi connectivity index (χ4v) is 2.43. The number of nitrogens with one attached hydrogen (secondary N) is 1. The first-order valence-corrected chi connectivity index (χ1v) is 8.27. The molecule has 0 saturated heterocycles. The SMILES string of the molecule is CC[C@@H](Oc1cccc(OC)c1)C(=O)NC[C@H](C)c1ccccc1. The molecule has 0 unspecified atom stereocenters. The largest absolute Gasteiger partial charge is 0.497 e. The minimum Gasteiger partial charge on any atom is -0.497 e. The van der Waals surface area contributed by atoms with E-state index >= 15 is 0 Å². The van der Waals surface area contributed by atoms with E-state index in [1.54, 1.807) is 13.2 Å². The van der Waals surface area contributed by atoms with Crippen LogP contribution in [0.2, 0.25) is 0 Å². The summed E-state index contributed by atoms with van der Waals surface area (Å²) in [6.07, 6.45) is 0.0861. The predicted molar refractivity (Wildman–Crippen MR) is 95.6 cm³/mol. The molecule has 0 aromatic heterocycles. The van der Waals surface area contributed by atoms with Crippen molar-refractivity contribution in [2.24, 2.45) is 0 Å². The second-order valence-electron chi connectivity index (χ2n) is 5.75. The molecular formula is C20H25NO3. The van der Waals surface area contributed by atoms with Gasteiger partial charge in [-0.3, -0.25) is 4.79 Å². The van der Waals surface area contributed by atoms with Crippen LogP contribution in [0.3, 0.4) is 0 Å². The Hall–Kier alpha value is -2.49. The number of hydrogen-bond donors (Lipinski definition) is 1. The molecule has 4 heteroatoms. The Morgan fingerprint density at radius 3 is 2.46 bits per heavy atom. The minimum absolute atomic E-state index is 0.0944. The molecule has 0 aliphatic heterocycles. The van der Waals surface area contributed by atoms with E-state index in [0.717, 1.165) is 0 Å². The summed E-state index contributed by atoms with van der Waals surface area (Å²) in [5, 5.41) is 2.99. The van der Waals surface area contributed by atoms with Crippen molar-refractivity contribution in [1.29, 1.82) is 0 Å². The fraction of sp³-hybridized carbons (Fsp3) is 0.350. The molecule has 2 aromatic rings. The standard InChI is InChI=1S/C20H25NO3/c1-4-19(24-18-12-8-11-17(13-18)23-3)20(22)21-14-15(2)16-9-6-5-7-10-16/h5-13,15,19H,4,14H2,1-3H3,(H,21,22)/t15-,19+/m0/s1. The molecule has 0 radical (unpaired) electrons. The first kappa shape index (κ1) is 17.9. The third kappa shape index (κ3) is 5.01. The second kappa shape index (κ2) is 8.96. The van der Waals surface area contributed by atoms with E-state index in [-0.39, 0.29) is 11.8 Å². The van der Waals surface area contributed by atoms with Crippen LogP contribution >= 0.6 is 0 Å². The average Bonchev–Trinajstić information content (AvgIpc) is 2.64. The van der Waals surface area contributed by atoms with Crippen LogP contribution in [-0.4, -0.2) is 25.7 Å². The molecule has 0 aliphatic carbocycles. The monoisotopic (exact) mass is 327 g/mol. The minimum atomic E-state index is -0.514. The summed E-state index contributed by atoms with van der Waals surface area (Å²) in [6, 6.07) is 17.4. The molecule has 4 nitrogen and oxygen atoms in total. The summed E-state index contributed by atoms with van der Waals surface area (Å²) in [7, 11) is 1.61. The zero-order chi connectivity index (χ0) is 17.4. The first-order valence-electron chi connectivity index (χ1n) is 8.27. The van der Waals surface area contributed by atoms with E-state index in [1.165, 1.54) is 5.56 Å². The lowest BCUT2D eigenvalue weighted by Crippen LogP contribution is -2.39. The third-order valence-electron chi connectivity index (χ3n) is 3.93. The summed E-state index contributed by atoms with van der Waals surface area (Å²) in [6.45, 7) is 4.62. The van der Waals surface area contributed by atoms with Crippen molar-refractivity contribution in [2.75, 3.05) is 13.7 Å². The van der Waals surface area contributed by atoms with Gasteiger partial charge >= 0.3 is 0 Å². The Bertz CT molecular complexity index is 642. The quantitative estimate of drug-likeness (QED) is 0.803. The Morgan fingerprint density at radius 1 is 1.08 bits per heavy atom. The van der Waals surface area contributed by atoms with Gasteiger partial charge in [-0.25, -0.2) is 0 Å². The molecule has 0 aliphatic rings. The fourth-order valence-electron chi connectivity index (χ4n) is 2.43. The van der Waals surface area contributed by atoms with Gasteiger partial charge in [0.1, 0.15) is 11.5 Å². The molecule has 128 valence electrons. The van der Waals surface area contributed by atoms with Gasteiger partial charge in [-0.15, -0.1) is 0 Å². The smallest absolute Gasteiger partial charge is 0.261 e. The van der Waals surface area contributed by atoms with Crippen molar-refractivity contribution >= 4 is 5.91 Å². The molecule has 2 rings (SSSR count). The topological polar surface area (TPSA) is 47.6 Å². The Morgan fingerprint density at radius 2 is 1.79 bits per heavy atom. The highest BCUT2D eigenvalue weighted by atomic mass is 16.5. The predicted octanol–water partition coefficient (Wildman–Crippen LogP) is 3.77. The van der Waals surface area contributed by atoms with Gasteiger partial charge in [0.2, 0.25) is 0 Å². The Balaban J connectivity index is 1.91. The Kier molecular flexibility index (Phi) is 6.67. The zero-order valence-electron chi connectivity index (χ0n) is 14.5. The summed E-state index contributed by atoms with van der Waals surface area (Å²) >= 11 is 0. The van der Waals surface area contributed by atoms with Crippen molar-refractivity contribution < 1.29 is 14.3 Å². The van der Waals surface area contributed by atoms with Gasteiger partial charge in [0, 0.05) is 12.6 Å². The molecule has 24 heavy (non-hydrogen) atoms. The van der Waals surface area contributed by atoms with Crippen molar-refractivity contribution in [3.63, 3.8) is 0 Å². The first-order chi connectivity index (χ1) is 11.6. The van der Waals surface area contributed by atoms with Crippen molar-refractivity contribution in [3.05, 3.63) is 60.2 Å². The second-order valence-corrected chi connectivity index (χ2v) is 5.75. The highest BCUT2D eigenvalue weighted by Crippen LogP contribution is 2.21. The van der Waals surface area contributed by atoms with Crippen LogP contribution in [0.25, 0.3) is 0 Å². The number of rotatable bonds is 8. The maximum atomic E-state index is 12.4. The maximum absolute atomic E-state index is 12.4. The Labute approximate surface area is 143 Å². The van der Waals surface area contributed by atoms with Gasteiger partial charge < -0.3 is 14.8 Å². The lowest BCUT2D eigenvalue weighted by molar-refractivity contribution is -0.128. The third-order valence-corrected chi connectivity index (χ3v) is 3.93. The van der Waals surface area contributed by atoms with E-state index in [4.69, 9.17) is 9.47 Å². The van der Waals surface area contributed by atoms with Crippen LogP contribution in [0.5, 0.6) is 11.5 Å². The lowest BCUT2D eigenvalue weighted by atomic mass is 10.0. The molecule has 0 heterocycles. The number of carbonyl (C=O) groups excluding carboxylic acids is 1. The van der Waals surface area contributed by atoms with Gasteiger partial charge in [-0.05, 0) is 30.0 Å². The van der Waals surface area contributed by atoms with Crippen molar-refractivity contribution in [1.82, 2.24) is 5.32 Å². The molecule has 2 aromatic carbocycles. The van der Waals surface area contributed by atoms with Gasteiger partial charge in [-0.1, -0.05) is 50.2 Å². The van der Waals surface area contributed by atoms with Gasteiger partial charge in [-0.2, -0.15) is 0 Å². The number of amides is 1.